The molecule has 2 aromatic carbocycles. The molecule has 0 saturated heterocycles. The van der Waals surface area contributed by atoms with Gasteiger partial charge in [0, 0.05) is 44.4 Å². The number of carbonyl (C=O) groups excluding carboxylic acids is 2. The van der Waals surface area contributed by atoms with Gasteiger partial charge in [0.2, 0.25) is 5.91 Å². The van der Waals surface area contributed by atoms with Crippen LogP contribution in [-0.2, 0) is 4.79 Å². The zero-order chi connectivity index (χ0) is 22.6. The lowest BCUT2D eigenvalue weighted by atomic mass is 9.88. The fraction of sp³-hybridized carbons (Fsp3) is 0.308. The molecule has 6 nitrogen and oxygen atoms in total. The van der Waals surface area contributed by atoms with Gasteiger partial charge in [-0.2, -0.15) is 0 Å². The third kappa shape index (κ3) is 6.74. The first-order valence-corrected chi connectivity index (χ1v) is 11.1. The number of carbonyl (C=O) groups is 2. The van der Waals surface area contributed by atoms with E-state index in [4.69, 9.17) is 0 Å². The lowest BCUT2D eigenvalue weighted by molar-refractivity contribution is -0.121. The van der Waals surface area contributed by atoms with Crippen LogP contribution in [0.2, 0.25) is 0 Å². The molecule has 166 valence electrons. The zero-order valence-corrected chi connectivity index (χ0v) is 18.5. The van der Waals surface area contributed by atoms with Crippen LogP contribution in [0.15, 0.2) is 79.3 Å². The molecule has 32 heavy (non-hydrogen) atoms. The summed E-state index contributed by atoms with van der Waals surface area (Å²) in [5.41, 5.74) is 2.77. The zero-order valence-electron chi connectivity index (χ0n) is 18.5. The average Bonchev–Trinajstić information content (AvgIpc) is 2.85. The van der Waals surface area contributed by atoms with Crippen LogP contribution < -0.4 is 5.32 Å². The summed E-state index contributed by atoms with van der Waals surface area (Å²) in [6.07, 6.45) is 6.36. The van der Waals surface area contributed by atoms with E-state index in [0.29, 0.717) is 25.3 Å². The molecule has 3 aromatic rings. The van der Waals surface area contributed by atoms with E-state index in [1.807, 2.05) is 43.3 Å². The number of nitrogens with zero attached hydrogens (tertiary/aromatic N) is 3. The molecule has 0 bridgehead atoms. The van der Waals surface area contributed by atoms with Crippen LogP contribution in [0.25, 0.3) is 0 Å². The van der Waals surface area contributed by atoms with E-state index in [1.165, 1.54) is 29.7 Å². The highest BCUT2D eigenvalue weighted by Gasteiger charge is 2.18. The molecule has 1 heterocycles. The molecule has 3 rings (SSSR count). The Morgan fingerprint density at radius 2 is 1.59 bits per heavy atom. The van der Waals surface area contributed by atoms with Crippen LogP contribution >= 0.6 is 0 Å². The Kier molecular flexibility index (Phi) is 8.92. The lowest BCUT2D eigenvalue weighted by Crippen LogP contribution is -2.36. The van der Waals surface area contributed by atoms with E-state index in [9.17, 15) is 9.59 Å². The average molecular weight is 431 g/mol. The minimum absolute atomic E-state index is 0.0575. The van der Waals surface area contributed by atoms with E-state index >= 15 is 0 Å². The largest absolute Gasteiger partial charge is 0.356 e. The van der Waals surface area contributed by atoms with Gasteiger partial charge in [0.15, 0.2) is 0 Å². The molecule has 0 saturated carbocycles. The summed E-state index contributed by atoms with van der Waals surface area (Å²) in [4.78, 5) is 34.9. The highest BCUT2D eigenvalue weighted by molar-refractivity contribution is 5.92. The fourth-order valence-electron chi connectivity index (χ4n) is 3.73. The molecule has 6 heteroatoms. The highest BCUT2D eigenvalue weighted by Crippen LogP contribution is 2.27. The SMILES string of the molecule is CCCN(CCC(=O)NCCC(c1ccccc1)c1ccccc1)C(=O)c1cnccn1. The van der Waals surface area contributed by atoms with Crippen molar-refractivity contribution in [2.75, 3.05) is 19.6 Å². The van der Waals surface area contributed by atoms with Crippen LogP contribution in [-0.4, -0.2) is 46.3 Å². The van der Waals surface area contributed by atoms with E-state index in [-0.39, 0.29) is 24.2 Å². The summed E-state index contributed by atoms with van der Waals surface area (Å²) in [6.45, 7) is 3.51. The Hall–Kier alpha value is -3.54. The smallest absolute Gasteiger partial charge is 0.274 e. The number of benzene rings is 2. The predicted octanol–water partition coefficient (Wildman–Crippen LogP) is 4.06. The Balaban J connectivity index is 1.53. The van der Waals surface area contributed by atoms with E-state index in [1.54, 1.807) is 4.90 Å². The van der Waals surface area contributed by atoms with E-state index < -0.39 is 0 Å². The van der Waals surface area contributed by atoms with Crippen molar-refractivity contribution >= 4 is 11.8 Å². The van der Waals surface area contributed by atoms with E-state index in [2.05, 4.69) is 39.6 Å². The number of rotatable bonds is 11. The molecule has 1 aromatic heterocycles. The van der Waals surface area contributed by atoms with Gasteiger partial charge in [-0.25, -0.2) is 4.98 Å². The third-order valence-corrected chi connectivity index (χ3v) is 5.33. The molecule has 0 aliphatic carbocycles. The van der Waals surface area contributed by atoms with E-state index in [0.717, 1.165) is 12.8 Å². The Morgan fingerprint density at radius 3 is 2.16 bits per heavy atom. The normalized spacial score (nSPS) is 10.7. The molecular formula is C26H30N4O2. The van der Waals surface area contributed by atoms with Crippen LogP contribution in [0, 0.1) is 0 Å². The Morgan fingerprint density at radius 1 is 0.938 bits per heavy atom. The Bertz CT molecular complexity index is 925. The van der Waals surface area contributed by atoms with Gasteiger partial charge in [-0.3, -0.25) is 14.6 Å². The summed E-state index contributed by atoms with van der Waals surface area (Å²) < 4.78 is 0. The lowest BCUT2D eigenvalue weighted by Gasteiger charge is -2.22. The van der Waals surface area contributed by atoms with Crippen molar-refractivity contribution in [2.24, 2.45) is 0 Å². The third-order valence-electron chi connectivity index (χ3n) is 5.33. The first-order chi connectivity index (χ1) is 15.7. The molecule has 0 aliphatic heterocycles. The van der Waals surface area contributed by atoms with Crippen molar-refractivity contribution in [3.8, 4) is 0 Å². The summed E-state index contributed by atoms with van der Waals surface area (Å²) in [6, 6.07) is 20.7. The van der Waals surface area contributed by atoms with Crippen molar-refractivity contribution in [2.45, 2.75) is 32.1 Å². The summed E-state index contributed by atoms with van der Waals surface area (Å²) in [7, 11) is 0. The van der Waals surface area contributed by atoms with Crippen molar-refractivity contribution in [3.63, 3.8) is 0 Å². The second kappa shape index (κ2) is 12.3. The summed E-state index contributed by atoms with van der Waals surface area (Å²) >= 11 is 0. The van der Waals surface area contributed by atoms with Gasteiger partial charge in [-0.05, 0) is 24.0 Å². The Labute approximate surface area is 189 Å². The fourth-order valence-corrected chi connectivity index (χ4v) is 3.73. The van der Waals surface area contributed by atoms with Crippen LogP contribution in [0.5, 0.6) is 0 Å². The molecular weight excluding hydrogens is 400 g/mol. The molecule has 0 fully saturated rings. The van der Waals surface area contributed by atoms with Crippen LogP contribution in [0.1, 0.15) is 53.7 Å². The number of amides is 2. The second-order valence-corrected chi connectivity index (χ2v) is 7.65. The second-order valence-electron chi connectivity index (χ2n) is 7.65. The topological polar surface area (TPSA) is 75.2 Å². The van der Waals surface area contributed by atoms with Crippen molar-refractivity contribution in [1.29, 1.82) is 0 Å². The van der Waals surface area contributed by atoms with Gasteiger partial charge >= 0.3 is 0 Å². The summed E-state index contributed by atoms with van der Waals surface area (Å²) in [5.74, 6) is -0.0357. The van der Waals surface area contributed by atoms with Crippen molar-refractivity contribution in [3.05, 3.63) is 96.1 Å². The van der Waals surface area contributed by atoms with Gasteiger partial charge in [0.1, 0.15) is 5.69 Å². The maximum atomic E-state index is 12.7. The quantitative estimate of drug-likeness (QED) is 0.498. The van der Waals surface area contributed by atoms with Gasteiger partial charge < -0.3 is 10.2 Å². The van der Waals surface area contributed by atoms with Crippen LogP contribution in [0.3, 0.4) is 0 Å². The van der Waals surface area contributed by atoms with Crippen molar-refractivity contribution < 1.29 is 9.59 Å². The van der Waals surface area contributed by atoms with Gasteiger partial charge in [-0.15, -0.1) is 0 Å². The molecule has 0 spiro atoms. The number of hydrogen-bond acceptors (Lipinski definition) is 4. The molecule has 0 radical (unpaired) electrons. The number of aromatic nitrogens is 2. The number of hydrogen-bond donors (Lipinski definition) is 1. The maximum absolute atomic E-state index is 12.7. The van der Waals surface area contributed by atoms with Gasteiger partial charge in [0.05, 0.1) is 6.20 Å². The molecule has 0 unspecified atom stereocenters. The van der Waals surface area contributed by atoms with Crippen molar-refractivity contribution in [1.82, 2.24) is 20.2 Å². The van der Waals surface area contributed by atoms with Gasteiger partial charge in [-0.1, -0.05) is 67.6 Å². The monoisotopic (exact) mass is 430 g/mol. The molecule has 0 atom stereocenters. The summed E-state index contributed by atoms with van der Waals surface area (Å²) in [5, 5.41) is 3.02. The minimum Gasteiger partial charge on any atom is -0.356 e. The number of nitrogens with one attached hydrogen (secondary N) is 1. The van der Waals surface area contributed by atoms with Crippen LogP contribution in [0.4, 0.5) is 0 Å². The first kappa shape index (κ1) is 23.1. The molecule has 2 amide bonds. The standard InChI is InChI=1S/C26H30N4O2/c1-2-18-30(26(32)24-20-27-16-17-28-24)19-14-25(31)29-15-13-23(21-9-5-3-6-10-21)22-11-7-4-8-12-22/h3-12,16-17,20,23H,2,13-15,18-19H2,1H3,(H,29,31). The predicted molar refractivity (Wildman–Crippen MR) is 125 cm³/mol. The highest BCUT2D eigenvalue weighted by atomic mass is 16.2. The first-order valence-electron chi connectivity index (χ1n) is 11.1. The maximum Gasteiger partial charge on any atom is 0.274 e. The molecule has 1 N–H and O–H groups in total. The minimum atomic E-state index is -0.194. The molecule has 0 aliphatic rings. The van der Waals surface area contributed by atoms with Gasteiger partial charge in [0.25, 0.3) is 5.91 Å².